The molecule has 2 atom stereocenters. The molecule has 1 fully saturated rings. The van der Waals surface area contributed by atoms with Gasteiger partial charge in [0.2, 0.25) is 0 Å². The standard InChI is InChI=1S/C42H68O2S2/c1-27(2)41(11,12)33-23-31(39(5,6)7)21-29(37(33)43)25-45-35-19-17-15-16-18-20-36(35)46-26-30-22-32(40(8,9)10)24-34(38(30)44)42(13,14)28(3)4/h21-24,27-28,35-36,43-44H,15-20,25-26H2,1-14H3. The molecule has 0 spiro atoms. The molecule has 0 radical (unpaired) electrons. The minimum absolute atomic E-state index is 0.0140. The van der Waals surface area contributed by atoms with E-state index in [0.717, 1.165) is 33.8 Å². The SMILES string of the molecule is CC(C)C(C)(C)c1cc(C(C)(C)C)cc(CSC2CCCCCCC2SCc2cc(C(C)(C)C)cc(C(C)(C)C(C)C)c2O)c1O. The lowest BCUT2D eigenvalue weighted by atomic mass is 9.72. The van der Waals surface area contributed by atoms with Crippen LogP contribution >= 0.6 is 23.5 Å². The van der Waals surface area contributed by atoms with Gasteiger partial charge in [0.25, 0.3) is 0 Å². The fourth-order valence-electron chi connectivity index (χ4n) is 6.27. The minimum atomic E-state index is -0.115. The first-order valence-electron chi connectivity index (χ1n) is 18.0. The highest BCUT2D eigenvalue weighted by Crippen LogP contribution is 2.46. The van der Waals surface area contributed by atoms with Gasteiger partial charge in [0.1, 0.15) is 11.5 Å². The smallest absolute Gasteiger partial charge is 0.123 e. The summed E-state index contributed by atoms with van der Waals surface area (Å²) in [5.74, 6) is 3.49. The fourth-order valence-corrected chi connectivity index (χ4v) is 9.34. The maximum Gasteiger partial charge on any atom is 0.123 e. The van der Waals surface area contributed by atoms with Crippen LogP contribution < -0.4 is 0 Å². The first-order chi connectivity index (χ1) is 21.1. The Morgan fingerprint density at radius 3 is 1.17 bits per heavy atom. The maximum atomic E-state index is 11.7. The van der Waals surface area contributed by atoms with E-state index in [2.05, 4.69) is 145 Å². The van der Waals surface area contributed by atoms with Crippen molar-refractivity contribution in [1.29, 1.82) is 0 Å². The van der Waals surface area contributed by atoms with E-state index in [4.69, 9.17) is 0 Å². The van der Waals surface area contributed by atoms with Crippen LogP contribution in [0.5, 0.6) is 11.5 Å². The van der Waals surface area contributed by atoms with Crippen LogP contribution in [-0.4, -0.2) is 20.7 Å². The van der Waals surface area contributed by atoms with Crippen LogP contribution in [0.2, 0.25) is 0 Å². The molecular formula is C42H68O2S2. The predicted octanol–water partition coefficient (Wildman–Crippen LogP) is 12.8. The summed E-state index contributed by atoms with van der Waals surface area (Å²) >= 11 is 4.11. The predicted molar refractivity (Wildman–Crippen MR) is 207 cm³/mol. The van der Waals surface area contributed by atoms with Gasteiger partial charge in [-0.2, -0.15) is 23.5 Å². The van der Waals surface area contributed by atoms with Crippen molar-refractivity contribution >= 4 is 23.5 Å². The normalized spacial score (nSPS) is 19.0. The van der Waals surface area contributed by atoms with E-state index in [1.54, 1.807) is 0 Å². The van der Waals surface area contributed by atoms with Crippen LogP contribution in [0.1, 0.15) is 169 Å². The molecule has 1 saturated carbocycles. The Hall–Kier alpha value is -1.26. The zero-order chi connectivity index (χ0) is 34.8. The van der Waals surface area contributed by atoms with E-state index in [0.29, 0.717) is 33.8 Å². The lowest BCUT2D eigenvalue weighted by molar-refractivity contribution is 0.349. The number of benzene rings is 2. The minimum Gasteiger partial charge on any atom is -0.507 e. The van der Waals surface area contributed by atoms with Crippen molar-refractivity contribution < 1.29 is 10.2 Å². The fraction of sp³-hybridized carbons (Fsp3) is 0.714. The van der Waals surface area contributed by atoms with Crippen LogP contribution in [0.3, 0.4) is 0 Å². The summed E-state index contributed by atoms with van der Waals surface area (Å²) in [5, 5.41) is 24.5. The van der Waals surface area contributed by atoms with Gasteiger partial charge in [-0.05, 0) is 57.5 Å². The van der Waals surface area contributed by atoms with Gasteiger partial charge in [0, 0.05) is 44.3 Å². The molecule has 260 valence electrons. The van der Waals surface area contributed by atoms with Crippen LogP contribution in [0.4, 0.5) is 0 Å². The molecule has 1 aliphatic rings. The summed E-state index contributed by atoms with van der Waals surface area (Å²) in [5.41, 5.74) is 6.76. The van der Waals surface area contributed by atoms with E-state index in [1.165, 1.54) is 49.7 Å². The van der Waals surface area contributed by atoms with Gasteiger partial charge in [0.15, 0.2) is 0 Å². The second-order valence-corrected chi connectivity index (χ2v) is 20.5. The molecule has 2 N–H and O–H groups in total. The summed E-state index contributed by atoms with van der Waals surface area (Å²) in [6, 6.07) is 9.10. The molecule has 1 aliphatic carbocycles. The second kappa shape index (κ2) is 15.1. The highest BCUT2D eigenvalue weighted by atomic mass is 32.2. The molecule has 0 aliphatic heterocycles. The molecule has 3 rings (SSSR count). The number of phenols is 2. The zero-order valence-electron chi connectivity index (χ0n) is 32.0. The quantitative estimate of drug-likeness (QED) is 0.264. The number of hydrogen-bond acceptors (Lipinski definition) is 4. The highest BCUT2D eigenvalue weighted by molar-refractivity contribution is 8.03. The van der Waals surface area contributed by atoms with Gasteiger partial charge >= 0.3 is 0 Å². The number of phenolic OH excluding ortho intramolecular Hbond substituents is 2. The molecule has 2 nitrogen and oxygen atoms in total. The number of hydrogen-bond donors (Lipinski definition) is 2. The number of rotatable bonds is 10. The van der Waals surface area contributed by atoms with Crippen molar-refractivity contribution in [2.45, 2.75) is 179 Å². The molecule has 2 unspecified atom stereocenters. The van der Waals surface area contributed by atoms with Gasteiger partial charge < -0.3 is 10.2 Å². The third-order valence-corrected chi connectivity index (χ3v) is 14.5. The van der Waals surface area contributed by atoms with Gasteiger partial charge in [0.05, 0.1) is 0 Å². The van der Waals surface area contributed by atoms with Crippen molar-refractivity contribution in [1.82, 2.24) is 0 Å². The zero-order valence-corrected chi connectivity index (χ0v) is 33.6. The van der Waals surface area contributed by atoms with Crippen molar-refractivity contribution in [3.63, 3.8) is 0 Å². The molecule has 46 heavy (non-hydrogen) atoms. The molecule has 2 aromatic carbocycles. The molecule has 0 heterocycles. The third-order valence-electron chi connectivity index (χ3n) is 11.4. The Kier molecular flexibility index (Phi) is 12.9. The lowest BCUT2D eigenvalue weighted by Crippen LogP contribution is -2.26. The van der Waals surface area contributed by atoms with E-state index in [-0.39, 0.29) is 21.7 Å². The van der Waals surface area contributed by atoms with Crippen molar-refractivity contribution in [3.8, 4) is 11.5 Å². The van der Waals surface area contributed by atoms with Gasteiger partial charge in [-0.15, -0.1) is 0 Å². The first-order valence-corrected chi connectivity index (χ1v) is 20.1. The topological polar surface area (TPSA) is 40.5 Å². The van der Waals surface area contributed by atoms with Gasteiger partial charge in [-0.1, -0.05) is 147 Å². The number of thioether (sulfide) groups is 2. The summed E-state index contributed by atoms with van der Waals surface area (Å²) in [4.78, 5) is 0. The summed E-state index contributed by atoms with van der Waals surface area (Å²) < 4.78 is 0. The van der Waals surface area contributed by atoms with Crippen LogP contribution in [-0.2, 0) is 33.2 Å². The Balaban J connectivity index is 1.95. The molecule has 0 amide bonds. The molecule has 4 heteroatoms. The Morgan fingerprint density at radius 2 is 0.891 bits per heavy atom. The molecule has 0 aromatic heterocycles. The lowest BCUT2D eigenvalue weighted by Gasteiger charge is -2.34. The average molecular weight is 669 g/mol. The highest BCUT2D eigenvalue weighted by Gasteiger charge is 2.33. The molecule has 0 bridgehead atoms. The Bertz CT molecular complexity index is 1200. The monoisotopic (exact) mass is 668 g/mol. The van der Waals surface area contributed by atoms with Crippen LogP contribution in [0.25, 0.3) is 0 Å². The third kappa shape index (κ3) is 9.25. The van der Waals surface area contributed by atoms with Crippen molar-refractivity contribution in [2.75, 3.05) is 0 Å². The second-order valence-electron chi connectivity index (χ2n) is 18.0. The largest absolute Gasteiger partial charge is 0.507 e. The van der Waals surface area contributed by atoms with Crippen molar-refractivity contribution in [3.05, 3.63) is 57.6 Å². The van der Waals surface area contributed by atoms with Gasteiger partial charge in [-0.25, -0.2) is 0 Å². The molecular weight excluding hydrogens is 601 g/mol. The average Bonchev–Trinajstić information content (AvgIpc) is 2.91. The Morgan fingerprint density at radius 1 is 0.565 bits per heavy atom. The maximum absolute atomic E-state index is 11.7. The van der Waals surface area contributed by atoms with Gasteiger partial charge in [-0.3, -0.25) is 0 Å². The summed E-state index contributed by atoms with van der Waals surface area (Å²) in [7, 11) is 0. The summed E-state index contributed by atoms with van der Waals surface area (Å²) in [6.45, 7) is 31.8. The van der Waals surface area contributed by atoms with E-state index >= 15 is 0 Å². The van der Waals surface area contributed by atoms with E-state index < -0.39 is 0 Å². The van der Waals surface area contributed by atoms with Crippen LogP contribution in [0, 0.1) is 11.8 Å². The number of aromatic hydroxyl groups is 2. The van der Waals surface area contributed by atoms with E-state index in [1.807, 2.05) is 0 Å². The van der Waals surface area contributed by atoms with E-state index in [9.17, 15) is 10.2 Å². The van der Waals surface area contributed by atoms with Crippen molar-refractivity contribution in [2.24, 2.45) is 11.8 Å². The molecule has 2 aromatic rings. The van der Waals surface area contributed by atoms with Crippen LogP contribution in [0.15, 0.2) is 24.3 Å². The summed E-state index contributed by atoms with van der Waals surface area (Å²) in [6.07, 6.45) is 7.60. The first kappa shape index (κ1) is 39.2. The molecule has 0 saturated heterocycles. The Labute approximate surface area is 292 Å².